The second kappa shape index (κ2) is 10.4. The SMILES string of the molecule is CCCN(CCC)C(=O)c1cccc(C(=O)N2CCNCC2C)c1.Cl. The van der Waals surface area contributed by atoms with E-state index < -0.39 is 0 Å². The van der Waals surface area contributed by atoms with Crippen molar-refractivity contribution in [1.29, 1.82) is 0 Å². The number of piperazine rings is 1. The number of hydrogen-bond acceptors (Lipinski definition) is 3. The van der Waals surface area contributed by atoms with Gasteiger partial charge in [-0.25, -0.2) is 0 Å². The largest absolute Gasteiger partial charge is 0.339 e. The quantitative estimate of drug-likeness (QED) is 0.841. The normalized spacial score (nSPS) is 16.9. The first kappa shape index (κ1) is 21.5. The summed E-state index contributed by atoms with van der Waals surface area (Å²) >= 11 is 0. The molecule has 0 saturated carbocycles. The van der Waals surface area contributed by atoms with Crippen LogP contribution in [0.1, 0.15) is 54.3 Å². The van der Waals surface area contributed by atoms with E-state index in [1.165, 1.54) is 0 Å². The Hall–Kier alpha value is -1.59. The molecule has 5 nitrogen and oxygen atoms in total. The van der Waals surface area contributed by atoms with E-state index in [1.807, 2.05) is 22.8 Å². The average Bonchev–Trinajstić information content (AvgIpc) is 2.61. The van der Waals surface area contributed by atoms with Gasteiger partial charge in [0, 0.05) is 49.9 Å². The van der Waals surface area contributed by atoms with Crippen molar-refractivity contribution < 1.29 is 9.59 Å². The number of nitrogens with one attached hydrogen (secondary N) is 1. The van der Waals surface area contributed by atoms with Crippen LogP contribution in [0.2, 0.25) is 0 Å². The van der Waals surface area contributed by atoms with Crippen LogP contribution in [0, 0.1) is 0 Å². The van der Waals surface area contributed by atoms with Gasteiger partial charge in [0.15, 0.2) is 0 Å². The van der Waals surface area contributed by atoms with E-state index in [1.54, 1.807) is 18.2 Å². The van der Waals surface area contributed by atoms with Gasteiger partial charge in [-0.15, -0.1) is 12.4 Å². The van der Waals surface area contributed by atoms with Gasteiger partial charge in [0.1, 0.15) is 0 Å². The molecule has 6 heteroatoms. The maximum atomic E-state index is 12.8. The fourth-order valence-corrected chi connectivity index (χ4v) is 3.13. The third-order valence-corrected chi connectivity index (χ3v) is 4.39. The molecule has 2 amide bonds. The molecule has 1 saturated heterocycles. The first-order valence-electron chi connectivity index (χ1n) is 8.99. The monoisotopic (exact) mass is 367 g/mol. The summed E-state index contributed by atoms with van der Waals surface area (Å²) in [5, 5.41) is 3.29. The molecule has 0 aliphatic carbocycles. The van der Waals surface area contributed by atoms with Crippen molar-refractivity contribution in [2.75, 3.05) is 32.7 Å². The zero-order chi connectivity index (χ0) is 17.5. The maximum Gasteiger partial charge on any atom is 0.254 e. The highest BCUT2D eigenvalue weighted by atomic mass is 35.5. The van der Waals surface area contributed by atoms with Gasteiger partial charge in [0.05, 0.1) is 0 Å². The summed E-state index contributed by atoms with van der Waals surface area (Å²) in [5.41, 5.74) is 1.20. The molecular formula is C19H30ClN3O2. The van der Waals surface area contributed by atoms with Crippen molar-refractivity contribution >= 4 is 24.2 Å². The van der Waals surface area contributed by atoms with Crippen molar-refractivity contribution in [3.8, 4) is 0 Å². The minimum atomic E-state index is 0. The van der Waals surface area contributed by atoms with Gasteiger partial charge < -0.3 is 15.1 Å². The van der Waals surface area contributed by atoms with Gasteiger partial charge in [-0.2, -0.15) is 0 Å². The fraction of sp³-hybridized carbons (Fsp3) is 0.579. The molecular weight excluding hydrogens is 338 g/mol. The van der Waals surface area contributed by atoms with Crippen LogP contribution in [-0.2, 0) is 0 Å². The highest BCUT2D eigenvalue weighted by molar-refractivity contribution is 5.99. The molecule has 0 bridgehead atoms. The van der Waals surface area contributed by atoms with E-state index in [0.717, 1.165) is 39.0 Å². The number of halogens is 1. The van der Waals surface area contributed by atoms with Crippen LogP contribution in [0.3, 0.4) is 0 Å². The van der Waals surface area contributed by atoms with Crippen molar-refractivity contribution in [3.63, 3.8) is 0 Å². The summed E-state index contributed by atoms with van der Waals surface area (Å²) in [6.45, 7) is 10.0. The Morgan fingerprint density at radius 3 is 2.44 bits per heavy atom. The number of carbonyl (C=O) groups excluding carboxylic acids is 2. The van der Waals surface area contributed by atoms with Crippen molar-refractivity contribution in [2.24, 2.45) is 0 Å². The van der Waals surface area contributed by atoms with E-state index in [2.05, 4.69) is 19.2 Å². The second-order valence-electron chi connectivity index (χ2n) is 6.42. The second-order valence-corrected chi connectivity index (χ2v) is 6.42. The van der Waals surface area contributed by atoms with E-state index in [9.17, 15) is 9.59 Å². The lowest BCUT2D eigenvalue weighted by atomic mass is 10.1. The number of hydrogen-bond donors (Lipinski definition) is 1. The molecule has 25 heavy (non-hydrogen) atoms. The van der Waals surface area contributed by atoms with Crippen LogP contribution in [0.25, 0.3) is 0 Å². The summed E-state index contributed by atoms with van der Waals surface area (Å²) in [6.07, 6.45) is 1.87. The predicted octanol–water partition coefficient (Wildman–Crippen LogP) is 2.80. The Balaban J connectivity index is 0.00000312. The molecule has 140 valence electrons. The smallest absolute Gasteiger partial charge is 0.254 e. The third-order valence-electron chi connectivity index (χ3n) is 4.39. The predicted molar refractivity (Wildman–Crippen MR) is 104 cm³/mol. The average molecular weight is 368 g/mol. The summed E-state index contributed by atoms with van der Waals surface area (Å²) in [5.74, 6) is 0.0258. The van der Waals surface area contributed by atoms with E-state index >= 15 is 0 Å². The van der Waals surface area contributed by atoms with Crippen LogP contribution in [0.5, 0.6) is 0 Å². The van der Waals surface area contributed by atoms with Crippen LogP contribution < -0.4 is 5.32 Å². The molecule has 0 radical (unpaired) electrons. The van der Waals surface area contributed by atoms with Gasteiger partial charge >= 0.3 is 0 Å². The molecule has 1 aromatic rings. The van der Waals surface area contributed by atoms with E-state index in [4.69, 9.17) is 0 Å². The topological polar surface area (TPSA) is 52.7 Å². The molecule has 1 heterocycles. The van der Waals surface area contributed by atoms with Crippen LogP contribution >= 0.6 is 12.4 Å². The summed E-state index contributed by atoms with van der Waals surface area (Å²) < 4.78 is 0. The van der Waals surface area contributed by atoms with Gasteiger partial charge in [0.2, 0.25) is 0 Å². The Labute approximate surface area is 157 Å². The summed E-state index contributed by atoms with van der Waals surface area (Å²) in [4.78, 5) is 29.3. The molecule has 1 N–H and O–H groups in total. The van der Waals surface area contributed by atoms with E-state index in [0.29, 0.717) is 17.7 Å². The van der Waals surface area contributed by atoms with Crippen molar-refractivity contribution in [1.82, 2.24) is 15.1 Å². The summed E-state index contributed by atoms with van der Waals surface area (Å²) in [7, 11) is 0. The highest BCUT2D eigenvalue weighted by Gasteiger charge is 2.25. The first-order chi connectivity index (χ1) is 11.6. The lowest BCUT2D eigenvalue weighted by Crippen LogP contribution is -2.52. The molecule has 1 aliphatic heterocycles. The maximum absolute atomic E-state index is 12.8. The van der Waals surface area contributed by atoms with Crippen LogP contribution in [0.4, 0.5) is 0 Å². The van der Waals surface area contributed by atoms with Gasteiger partial charge in [-0.1, -0.05) is 19.9 Å². The van der Waals surface area contributed by atoms with Crippen LogP contribution in [-0.4, -0.2) is 60.4 Å². The molecule has 1 aromatic carbocycles. The molecule has 1 fully saturated rings. The Morgan fingerprint density at radius 2 is 1.84 bits per heavy atom. The summed E-state index contributed by atoms with van der Waals surface area (Å²) in [6, 6.07) is 7.33. The lowest BCUT2D eigenvalue weighted by molar-refractivity contribution is 0.0655. The van der Waals surface area contributed by atoms with Gasteiger partial charge in [0.25, 0.3) is 11.8 Å². The number of benzene rings is 1. The van der Waals surface area contributed by atoms with E-state index in [-0.39, 0.29) is 30.3 Å². The van der Waals surface area contributed by atoms with Crippen molar-refractivity contribution in [2.45, 2.75) is 39.7 Å². The number of amides is 2. The minimum absolute atomic E-state index is 0. The first-order valence-corrected chi connectivity index (χ1v) is 8.99. The fourth-order valence-electron chi connectivity index (χ4n) is 3.13. The zero-order valence-electron chi connectivity index (χ0n) is 15.5. The highest BCUT2D eigenvalue weighted by Crippen LogP contribution is 2.14. The standard InChI is InChI=1S/C19H29N3O2.ClH/c1-4-10-21(11-5-2)18(23)16-7-6-8-17(13-16)19(24)22-12-9-20-14-15(22)3;/h6-8,13,15,20H,4-5,9-12,14H2,1-3H3;1H. The zero-order valence-corrected chi connectivity index (χ0v) is 16.3. The Morgan fingerprint density at radius 1 is 1.20 bits per heavy atom. The van der Waals surface area contributed by atoms with Crippen LogP contribution in [0.15, 0.2) is 24.3 Å². The Bertz CT molecular complexity index is 574. The number of rotatable bonds is 6. The third kappa shape index (κ3) is 5.44. The molecule has 1 aliphatic rings. The van der Waals surface area contributed by atoms with Gasteiger partial charge in [-0.05, 0) is 38.0 Å². The van der Waals surface area contributed by atoms with Gasteiger partial charge in [-0.3, -0.25) is 9.59 Å². The molecule has 0 aromatic heterocycles. The number of nitrogens with zero attached hydrogens (tertiary/aromatic N) is 2. The molecule has 1 unspecified atom stereocenters. The minimum Gasteiger partial charge on any atom is -0.339 e. The molecule has 1 atom stereocenters. The lowest BCUT2D eigenvalue weighted by Gasteiger charge is -2.34. The van der Waals surface area contributed by atoms with Crippen molar-refractivity contribution in [3.05, 3.63) is 35.4 Å². The molecule has 0 spiro atoms. The number of carbonyl (C=O) groups is 2. The Kier molecular flexibility index (Phi) is 8.93. The molecule has 2 rings (SSSR count).